The van der Waals surface area contributed by atoms with Crippen LogP contribution in [0.1, 0.15) is 21.5 Å². The SMILES string of the molecule is Cl.O=C(NCc1ccncc1)c1cccc(Cn2cc(Br)cn2)c1. The number of pyridine rings is 1. The van der Waals surface area contributed by atoms with Crippen LogP contribution in [0.4, 0.5) is 0 Å². The fraction of sp³-hybridized carbons (Fsp3) is 0.118. The minimum Gasteiger partial charge on any atom is -0.348 e. The van der Waals surface area contributed by atoms with E-state index in [9.17, 15) is 4.79 Å². The van der Waals surface area contributed by atoms with E-state index in [1.54, 1.807) is 18.6 Å². The van der Waals surface area contributed by atoms with Gasteiger partial charge in [-0.15, -0.1) is 12.4 Å². The third-order valence-electron chi connectivity index (χ3n) is 3.34. The van der Waals surface area contributed by atoms with E-state index in [1.165, 1.54) is 0 Å². The first kappa shape index (κ1) is 18.2. The van der Waals surface area contributed by atoms with Gasteiger partial charge in [0.25, 0.3) is 5.91 Å². The lowest BCUT2D eigenvalue weighted by Gasteiger charge is -2.07. The Morgan fingerprint density at radius 1 is 1.17 bits per heavy atom. The summed E-state index contributed by atoms with van der Waals surface area (Å²) in [5.74, 6) is -0.0923. The summed E-state index contributed by atoms with van der Waals surface area (Å²) in [4.78, 5) is 16.2. The molecule has 1 amide bonds. The normalized spacial score (nSPS) is 10.0. The molecule has 0 fully saturated rings. The molecule has 0 radical (unpaired) electrons. The van der Waals surface area contributed by atoms with Crippen molar-refractivity contribution in [2.24, 2.45) is 0 Å². The summed E-state index contributed by atoms with van der Waals surface area (Å²) < 4.78 is 2.75. The van der Waals surface area contributed by atoms with E-state index in [1.807, 2.05) is 47.3 Å². The van der Waals surface area contributed by atoms with Crippen molar-refractivity contribution in [3.8, 4) is 0 Å². The van der Waals surface area contributed by atoms with Crippen molar-refractivity contribution >= 4 is 34.2 Å². The standard InChI is InChI=1S/C17H15BrN4O.ClH/c18-16-10-21-22(12-16)11-14-2-1-3-15(8-14)17(23)20-9-13-4-6-19-7-5-13;/h1-8,10,12H,9,11H2,(H,20,23);1H. The van der Waals surface area contributed by atoms with Crippen LogP contribution in [-0.2, 0) is 13.1 Å². The topological polar surface area (TPSA) is 59.8 Å². The molecule has 1 N–H and O–H groups in total. The fourth-order valence-corrected chi connectivity index (χ4v) is 2.54. The molecule has 2 aromatic heterocycles. The maximum atomic E-state index is 12.3. The molecule has 0 aliphatic rings. The van der Waals surface area contributed by atoms with Crippen molar-refractivity contribution in [2.75, 3.05) is 0 Å². The van der Waals surface area contributed by atoms with E-state index in [0.29, 0.717) is 18.7 Å². The molecule has 24 heavy (non-hydrogen) atoms. The van der Waals surface area contributed by atoms with Crippen LogP contribution in [0.25, 0.3) is 0 Å². The van der Waals surface area contributed by atoms with Crippen LogP contribution < -0.4 is 5.32 Å². The van der Waals surface area contributed by atoms with Crippen LogP contribution in [0, 0.1) is 0 Å². The number of carbonyl (C=O) groups is 1. The Morgan fingerprint density at radius 3 is 2.67 bits per heavy atom. The summed E-state index contributed by atoms with van der Waals surface area (Å²) in [6, 6.07) is 11.3. The maximum absolute atomic E-state index is 12.3. The van der Waals surface area contributed by atoms with Gasteiger partial charge in [-0.3, -0.25) is 14.5 Å². The smallest absolute Gasteiger partial charge is 0.251 e. The Bertz CT molecular complexity index is 807. The van der Waals surface area contributed by atoms with Gasteiger partial charge in [0.2, 0.25) is 0 Å². The van der Waals surface area contributed by atoms with Crippen LogP contribution in [-0.4, -0.2) is 20.7 Å². The van der Waals surface area contributed by atoms with Gasteiger partial charge in [0, 0.05) is 30.7 Å². The molecule has 124 valence electrons. The summed E-state index contributed by atoms with van der Waals surface area (Å²) in [6.45, 7) is 1.11. The van der Waals surface area contributed by atoms with E-state index in [2.05, 4.69) is 31.3 Å². The number of hydrogen-bond donors (Lipinski definition) is 1. The lowest BCUT2D eigenvalue weighted by Crippen LogP contribution is -2.22. The fourth-order valence-electron chi connectivity index (χ4n) is 2.21. The number of carbonyl (C=O) groups excluding carboxylic acids is 1. The number of nitrogens with zero attached hydrogens (tertiary/aromatic N) is 3. The van der Waals surface area contributed by atoms with Crippen LogP contribution in [0.2, 0.25) is 0 Å². The first-order valence-electron chi connectivity index (χ1n) is 7.15. The maximum Gasteiger partial charge on any atom is 0.251 e. The Balaban J connectivity index is 0.00000208. The van der Waals surface area contributed by atoms with Gasteiger partial charge in [0.15, 0.2) is 0 Å². The van der Waals surface area contributed by atoms with Gasteiger partial charge in [-0.2, -0.15) is 5.10 Å². The van der Waals surface area contributed by atoms with Crippen LogP contribution >= 0.6 is 28.3 Å². The molecule has 0 unspecified atom stereocenters. The molecule has 7 heteroatoms. The predicted molar refractivity (Wildman–Crippen MR) is 98.1 cm³/mol. The molecular weight excluding hydrogens is 392 g/mol. The van der Waals surface area contributed by atoms with Gasteiger partial charge >= 0.3 is 0 Å². The third-order valence-corrected chi connectivity index (χ3v) is 3.75. The Morgan fingerprint density at radius 2 is 1.96 bits per heavy atom. The van der Waals surface area contributed by atoms with E-state index in [4.69, 9.17) is 0 Å². The summed E-state index contributed by atoms with van der Waals surface area (Å²) in [7, 11) is 0. The summed E-state index contributed by atoms with van der Waals surface area (Å²) in [5, 5.41) is 7.14. The number of amides is 1. The van der Waals surface area contributed by atoms with E-state index in [-0.39, 0.29) is 18.3 Å². The molecule has 0 saturated carbocycles. The van der Waals surface area contributed by atoms with Crippen molar-refractivity contribution in [2.45, 2.75) is 13.1 Å². The molecular formula is C17H16BrClN4O. The minimum atomic E-state index is -0.0923. The Kier molecular flexibility index (Phi) is 6.52. The molecule has 5 nitrogen and oxygen atoms in total. The van der Waals surface area contributed by atoms with Gasteiger partial charge in [-0.1, -0.05) is 12.1 Å². The van der Waals surface area contributed by atoms with Gasteiger partial charge in [0.05, 0.1) is 17.2 Å². The highest BCUT2D eigenvalue weighted by molar-refractivity contribution is 9.10. The molecule has 0 spiro atoms. The Labute approximate surface area is 154 Å². The number of aromatic nitrogens is 3. The van der Waals surface area contributed by atoms with E-state index < -0.39 is 0 Å². The first-order chi connectivity index (χ1) is 11.2. The highest BCUT2D eigenvalue weighted by atomic mass is 79.9. The average molecular weight is 408 g/mol. The largest absolute Gasteiger partial charge is 0.348 e. The van der Waals surface area contributed by atoms with Crippen molar-refractivity contribution in [3.05, 3.63) is 82.3 Å². The quantitative estimate of drug-likeness (QED) is 0.705. The molecule has 2 heterocycles. The second-order valence-corrected chi connectivity index (χ2v) is 6.01. The molecule has 0 aliphatic carbocycles. The third kappa shape index (κ3) is 4.91. The number of benzene rings is 1. The van der Waals surface area contributed by atoms with Crippen molar-refractivity contribution in [3.63, 3.8) is 0 Å². The molecule has 1 aromatic carbocycles. The lowest BCUT2D eigenvalue weighted by atomic mass is 10.1. The van der Waals surface area contributed by atoms with E-state index in [0.717, 1.165) is 15.6 Å². The second kappa shape index (κ2) is 8.61. The molecule has 0 aliphatic heterocycles. The molecule has 0 saturated heterocycles. The number of rotatable bonds is 5. The van der Waals surface area contributed by atoms with Gasteiger partial charge in [0.1, 0.15) is 0 Å². The summed E-state index contributed by atoms with van der Waals surface area (Å²) in [5.41, 5.74) is 2.69. The highest BCUT2D eigenvalue weighted by Crippen LogP contribution is 2.11. The summed E-state index contributed by atoms with van der Waals surface area (Å²) in [6.07, 6.45) is 7.07. The predicted octanol–water partition coefficient (Wildman–Crippen LogP) is 3.44. The van der Waals surface area contributed by atoms with Gasteiger partial charge in [-0.05, 0) is 51.3 Å². The first-order valence-corrected chi connectivity index (χ1v) is 7.94. The number of halogens is 2. The van der Waals surface area contributed by atoms with Crippen LogP contribution in [0.15, 0.2) is 65.7 Å². The second-order valence-electron chi connectivity index (χ2n) is 5.09. The van der Waals surface area contributed by atoms with Gasteiger partial charge < -0.3 is 5.32 Å². The van der Waals surface area contributed by atoms with Crippen molar-refractivity contribution in [1.82, 2.24) is 20.1 Å². The van der Waals surface area contributed by atoms with Gasteiger partial charge in [-0.25, -0.2) is 0 Å². The number of hydrogen-bond acceptors (Lipinski definition) is 3. The molecule has 3 aromatic rings. The zero-order chi connectivity index (χ0) is 16.1. The zero-order valence-corrected chi connectivity index (χ0v) is 15.1. The molecule has 0 bridgehead atoms. The minimum absolute atomic E-state index is 0. The molecule has 3 rings (SSSR count). The highest BCUT2D eigenvalue weighted by Gasteiger charge is 2.07. The van der Waals surface area contributed by atoms with E-state index >= 15 is 0 Å². The van der Waals surface area contributed by atoms with Crippen molar-refractivity contribution < 1.29 is 4.79 Å². The molecule has 0 atom stereocenters. The monoisotopic (exact) mass is 406 g/mol. The lowest BCUT2D eigenvalue weighted by molar-refractivity contribution is 0.0951. The van der Waals surface area contributed by atoms with Crippen LogP contribution in [0.3, 0.4) is 0 Å². The number of nitrogens with one attached hydrogen (secondary N) is 1. The van der Waals surface area contributed by atoms with Crippen LogP contribution in [0.5, 0.6) is 0 Å². The Hall–Kier alpha value is -2.18. The summed E-state index contributed by atoms with van der Waals surface area (Å²) >= 11 is 3.37. The zero-order valence-electron chi connectivity index (χ0n) is 12.7. The average Bonchev–Trinajstić information content (AvgIpc) is 2.99. The van der Waals surface area contributed by atoms with Crippen molar-refractivity contribution in [1.29, 1.82) is 0 Å².